The maximum absolute atomic E-state index is 11.6. The number of rotatable bonds is 3. The molecule has 3 nitrogen and oxygen atoms in total. The average Bonchev–Trinajstić information content (AvgIpc) is 2.69. The van der Waals surface area contributed by atoms with Crippen molar-refractivity contribution in [2.75, 3.05) is 13.0 Å². The maximum Gasteiger partial charge on any atom is 0.179 e. The van der Waals surface area contributed by atoms with Gasteiger partial charge in [0.25, 0.3) is 0 Å². The van der Waals surface area contributed by atoms with Crippen LogP contribution in [0.1, 0.15) is 10.4 Å². The lowest BCUT2D eigenvalue weighted by Gasteiger charge is -2.03. The number of halogens is 2. The third-order valence-electron chi connectivity index (χ3n) is 2.38. The van der Waals surface area contributed by atoms with Gasteiger partial charge in [-0.1, -0.05) is 0 Å². The van der Waals surface area contributed by atoms with Gasteiger partial charge in [0, 0.05) is 28.7 Å². The van der Waals surface area contributed by atoms with Crippen molar-refractivity contribution in [2.24, 2.45) is 0 Å². The Morgan fingerprint density at radius 1 is 1.56 bits per heavy atom. The van der Waals surface area contributed by atoms with E-state index >= 15 is 0 Å². The van der Waals surface area contributed by atoms with Crippen LogP contribution >= 0.6 is 27.5 Å². The summed E-state index contributed by atoms with van der Waals surface area (Å²) in [6.07, 6.45) is 1.67. The Balaban J connectivity index is 2.65. The lowest BCUT2D eigenvalue weighted by molar-refractivity contribution is 0.102. The van der Waals surface area contributed by atoms with Crippen LogP contribution in [0.2, 0.25) is 0 Å². The summed E-state index contributed by atoms with van der Waals surface area (Å²) >= 11 is 8.93. The number of methoxy groups -OCH3 is 1. The lowest BCUT2D eigenvalue weighted by Crippen LogP contribution is -1.98. The summed E-state index contributed by atoms with van der Waals surface area (Å²) in [6, 6.07) is 3.69. The second-order valence-electron chi connectivity index (χ2n) is 3.29. The van der Waals surface area contributed by atoms with Crippen molar-refractivity contribution in [1.82, 2.24) is 4.98 Å². The van der Waals surface area contributed by atoms with Gasteiger partial charge < -0.3 is 9.72 Å². The predicted octanol–water partition coefficient (Wildman–Crippen LogP) is 3.36. The van der Waals surface area contributed by atoms with E-state index in [1.807, 2.05) is 12.1 Å². The molecule has 2 rings (SSSR count). The molecule has 0 aliphatic rings. The number of aromatic nitrogens is 1. The van der Waals surface area contributed by atoms with Gasteiger partial charge in [0.1, 0.15) is 5.75 Å². The van der Waals surface area contributed by atoms with Crippen LogP contribution in [0.15, 0.2) is 22.8 Å². The maximum atomic E-state index is 11.6. The number of hydrogen-bond donors (Lipinski definition) is 1. The summed E-state index contributed by atoms with van der Waals surface area (Å²) in [5.74, 6) is 0.612. The number of ether oxygens (including phenoxy) is 1. The molecule has 0 amide bonds. The van der Waals surface area contributed by atoms with E-state index in [1.54, 1.807) is 13.3 Å². The second kappa shape index (κ2) is 4.47. The summed E-state index contributed by atoms with van der Waals surface area (Å²) in [7, 11) is 1.60. The van der Waals surface area contributed by atoms with E-state index in [1.165, 1.54) is 0 Å². The molecule has 0 aliphatic heterocycles. The fourth-order valence-electron chi connectivity index (χ4n) is 1.58. The van der Waals surface area contributed by atoms with Crippen molar-refractivity contribution < 1.29 is 9.53 Å². The zero-order valence-electron chi connectivity index (χ0n) is 8.51. The number of benzene rings is 1. The van der Waals surface area contributed by atoms with Crippen LogP contribution in [0.3, 0.4) is 0 Å². The van der Waals surface area contributed by atoms with Crippen LogP contribution in [-0.4, -0.2) is 23.8 Å². The van der Waals surface area contributed by atoms with Crippen molar-refractivity contribution >= 4 is 44.2 Å². The zero-order chi connectivity index (χ0) is 11.7. The van der Waals surface area contributed by atoms with Gasteiger partial charge in [-0.3, -0.25) is 4.79 Å². The van der Waals surface area contributed by atoms with E-state index in [2.05, 4.69) is 20.9 Å². The van der Waals surface area contributed by atoms with Gasteiger partial charge in [-0.15, -0.1) is 11.6 Å². The molecule has 0 radical (unpaired) electrons. The highest BCUT2D eigenvalue weighted by Gasteiger charge is 2.13. The van der Waals surface area contributed by atoms with E-state index in [9.17, 15) is 4.79 Å². The highest BCUT2D eigenvalue weighted by Crippen LogP contribution is 2.31. The van der Waals surface area contributed by atoms with Crippen LogP contribution in [0.25, 0.3) is 10.9 Å². The van der Waals surface area contributed by atoms with Crippen molar-refractivity contribution in [3.63, 3.8) is 0 Å². The molecule has 5 heteroatoms. The zero-order valence-corrected chi connectivity index (χ0v) is 10.9. The van der Waals surface area contributed by atoms with Gasteiger partial charge in [0.15, 0.2) is 5.78 Å². The first-order valence-corrected chi connectivity index (χ1v) is 5.94. The summed E-state index contributed by atoms with van der Waals surface area (Å²) in [6.45, 7) is 0. The third kappa shape index (κ3) is 1.83. The quantitative estimate of drug-likeness (QED) is 0.698. The average molecular weight is 303 g/mol. The number of aromatic amines is 1. The number of hydrogen-bond acceptors (Lipinski definition) is 2. The van der Waals surface area contributed by atoms with E-state index < -0.39 is 0 Å². The molecule has 84 valence electrons. The molecule has 1 aromatic heterocycles. The van der Waals surface area contributed by atoms with Gasteiger partial charge >= 0.3 is 0 Å². The molecular formula is C11H9BrClNO2. The largest absolute Gasteiger partial charge is 0.495 e. The molecule has 0 saturated heterocycles. The summed E-state index contributed by atoms with van der Waals surface area (Å²) in [5.41, 5.74) is 1.46. The second-order valence-corrected chi connectivity index (χ2v) is 4.41. The van der Waals surface area contributed by atoms with Crippen molar-refractivity contribution in [3.05, 3.63) is 28.4 Å². The fourth-order valence-corrected chi connectivity index (χ4v) is 2.23. The summed E-state index contributed by atoms with van der Waals surface area (Å²) < 4.78 is 5.98. The van der Waals surface area contributed by atoms with Crippen LogP contribution < -0.4 is 4.74 Å². The molecule has 0 unspecified atom stereocenters. The number of carbonyl (C=O) groups excluding carboxylic acids is 1. The molecule has 0 bridgehead atoms. The van der Waals surface area contributed by atoms with E-state index in [-0.39, 0.29) is 11.7 Å². The van der Waals surface area contributed by atoms with Gasteiger partial charge in [-0.2, -0.15) is 0 Å². The third-order valence-corrected chi connectivity index (χ3v) is 3.24. The number of Topliss-reactive ketones (excluding diaryl/α,β-unsaturated/α-hetero) is 1. The smallest absolute Gasteiger partial charge is 0.179 e. The highest BCUT2D eigenvalue weighted by atomic mass is 79.9. The van der Waals surface area contributed by atoms with Gasteiger partial charge in [-0.05, 0) is 22.0 Å². The molecule has 16 heavy (non-hydrogen) atoms. The lowest BCUT2D eigenvalue weighted by atomic mass is 10.1. The van der Waals surface area contributed by atoms with E-state index in [0.717, 1.165) is 21.1 Å². The van der Waals surface area contributed by atoms with Gasteiger partial charge in [0.05, 0.1) is 17.5 Å². The van der Waals surface area contributed by atoms with Gasteiger partial charge in [-0.25, -0.2) is 0 Å². The molecule has 1 N–H and O–H groups in total. The number of fused-ring (bicyclic) bond motifs is 1. The first-order valence-electron chi connectivity index (χ1n) is 4.61. The molecule has 0 saturated carbocycles. The standard InChI is InChI=1S/C11H9BrClNO2/c1-16-11-3-9-6(2-8(11)12)7(5-14-9)10(15)4-13/h2-3,5,14H,4H2,1H3. The Labute approximate surface area is 106 Å². The normalized spacial score (nSPS) is 10.7. The molecule has 0 spiro atoms. The van der Waals surface area contributed by atoms with Crippen LogP contribution in [0.5, 0.6) is 5.75 Å². The molecular weight excluding hydrogens is 293 g/mol. The topological polar surface area (TPSA) is 42.1 Å². The minimum Gasteiger partial charge on any atom is -0.495 e. The Morgan fingerprint density at radius 2 is 2.31 bits per heavy atom. The minimum atomic E-state index is -0.0926. The molecule has 0 aliphatic carbocycles. The number of carbonyl (C=O) groups is 1. The number of nitrogens with one attached hydrogen (secondary N) is 1. The van der Waals surface area contributed by atoms with Gasteiger partial charge in [0.2, 0.25) is 0 Å². The van der Waals surface area contributed by atoms with Crippen molar-refractivity contribution in [1.29, 1.82) is 0 Å². The van der Waals surface area contributed by atoms with Crippen molar-refractivity contribution in [3.8, 4) is 5.75 Å². The minimum absolute atomic E-state index is 0.0173. The Morgan fingerprint density at radius 3 is 2.94 bits per heavy atom. The van der Waals surface area contributed by atoms with Crippen LogP contribution in [0.4, 0.5) is 0 Å². The fraction of sp³-hybridized carbons (Fsp3) is 0.182. The number of alkyl halides is 1. The number of ketones is 1. The first kappa shape index (κ1) is 11.5. The summed E-state index contributed by atoms with van der Waals surface area (Å²) in [4.78, 5) is 14.6. The predicted molar refractivity (Wildman–Crippen MR) is 67.6 cm³/mol. The number of H-pyrrole nitrogens is 1. The molecule has 1 aromatic carbocycles. The molecule has 0 fully saturated rings. The van der Waals surface area contributed by atoms with E-state index in [4.69, 9.17) is 16.3 Å². The van der Waals surface area contributed by atoms with E-state index in [0.29, 0.717) is 5.56 Å². The van der Waals surface area contributed by atoms with Crippen molar-refractivity contribution in [2.45, 2.75) is 0 Å². The molecule has 1 heterocycles. The monoisotopic (exact) mass is 301 g/mol. The Bertz CT molecular complexity index is 550. The van der Waals surface area contributed by atoms with Crippen LogP contribution in [-0.2, 0) is 0 Å². The molecule has 0 atom stereocenters. The highest BCUT2D eigenvalue weighted by molar-refractivity contribution is 9.10. The van der Waals surface area contributed by atoms with Crippen LogP contribution in [0, 0.1) is 0 Å². The first-order chi connectivity index (χ1) is 7.67. The SMILES string of the molecule is COc1cc2[nH]cc(C(=O)CCl)c2cc1Br. The Kier molecular flexibility index (Phi) is 3.21. The summed E-state index contributed by atoms with van der Waals surface area (Å²) in [5, 5.41) is 0.846. The Hall–Kier alpha value is -1.00. The molecule has 2 aromatic rings.